The molecule has 0 aliphatic heterocycles. The highest BCUT2D eigenvalue weighted by molar-refractivity contribution is 5.86. The van der Waals surface area contributed by atoms with E-state index in [9.17, 15) is 4.79 Å². The van der Waals surface area contributed by atoms with Gasteiger partial charge in [0.25, 0.3) is 0 Å². The summed E-state index contributed by atoms with van der Waals surface area (Å²) in [5.41, 5.74) is 0.390. The monoisotopic (exact) mass is 251 g/mol. The van der Waals surface area contributed by atoms with E-state index in [-0.39, 0.29) is 18.2 Å². The van der Waals surface area contributed by atoms with Gasteiger partial charge in [-0.3, -0.25) is 0 Å². The second-order valence-electron chi connectivity index (χ2n) is 4.19. The normalized spacial score (nSPS) is 11.1. The summed E-state index contributed by atoms with van der Waals surface area (Å²) in [6, 6.07) is 0. The van der Waals surface area contributed by atoms with Crippen LogP contribution in [0.25, 0.3) is 0 Å². The van der Waals surface area contributed by atoms with Crippen LogP contribution in [-0.4, -0.2) is 36.2 Å². The lowest BCUT2D eigenvalue weighted by Crippen LogP contribution is -2.07. The molecule has 0 atom stereocenters. The highest BCUT2D eigenvalue weighted by atomic mass is 16.5. The molecule has 0 saturated heterocycles. The molecule has 96 valence electrons. The summed E-state index contributed by atoms with van der Waals surface area (Å²) in [5, 5.41) is 20.0. The lowest BCUT2D eigenvalue weighted by atomic mass is 10.2. The molecule has 2 rings (SSSR count). The molecule has 0 fully saturated rings. The highest BCUT2D eigenvalue weighted by Crippen LogP contribution is 2.12. The Bertz CT molecular complexity index is 572. The Hall–Kier alpha value is -2.25. The predicted octanol–water partition coefficient (Wildman–Crippen LogP) is 0.839. The fraction of sp³-hybridized carbons (Fsp3) is 0.500. The minimum absolute atomic E-state index is 0.0671. The molecule has 1 N–H and O–H groups in total. The van der Waals surface area contributed by atoms with Gasteiger partial charge in [0, 0.05) is 5.92 Å². The van der Waals surface area contributed by atoms with E-state index in [4.69, 9.17) is 9.63 Å². The molecule has 0 spiro atoms. The number of carboxylic acids is 1. The summed E-state index contributed by atoms with van der Waals surface area (Å²) in [7, 11) is 0. The van der Waals surface area contributed by atoms with Gasteiger partial charge in [-0.2, -0.15) is 4.98 Å². The molecule has 2 heterocycles. The number of aromatic carboxylic acids is 1. The second-order valence-corrected chi connectivity index (χ2v) is 4.19. The number of hydrogen-bond acceptors (Lipinski definition) is 6. The van der Waals surface area contributed by atoms with Gasteiger partial charge in [-0.15, -0.1) is 5.10 Å². The van der Waals surface area contributed by atoms with Gasteiger partial charge in [-0.1, -0.05) is 24.2 Å². The van der Waals surface area contributed by atoms with Crippen molar-refractivity contribution in [2.45, 2.75) is 33.2 Å². The summed E-state index contributed by atoms with van der Waals surface area (Å²) < 4.78 is 6.48. The first kappa shape index (κ1) is 12.2. The Kier molecular flexibility index (Phi) is 3.09. The van der Waals surface area contributed by atoms with E-state index in [1.54, 1.807) is 6.92 Å². The molecule has 0 aliphatic carbocycles. The van der Waals surface area contributed by atoms with Crippen molar-refractivity contribution in [3.05, 3.63) is 23.1 Å². The lowest BCUT2D eigenvalue weighted by molar-refractivity contribution is 0.0689. The van der Waals surface area contributed by atoms with Crippen LogP contribution in [0, 0.1) is 6.92 Å². The van der Waals surface area contributed by atoms with Crippen LogP contribution in [0.5, 0.6) is 0 Å². The molecule has 0 aliphatic rings. The van der Waals surface area contributed by atoms with Crippen LogP contribution in [-0.2, 0) is 6.54 Å². The SMILES string of the molecule is Cc1c(C(=O)O)nnn1Cc1noc(C(C)C)n1. The maximum absolute atomic E-state index is 10.8. The van der Waals surface area contributed by atoms with Gasteiger partial charge < -0.3 is 9.63 Å². The van der Waals surface area contributed by atoms with Gasteiger partial charge in [0.05, 0.1) is 5.69 Å². The number of rotatable bonds is 4. The van der Waals surface area contributed by atoms with E-state index >= 15 is 0 Å². The van der Waals surface area contributed by atoms with E-state index in [2.05, 4.69) is 20.5 Å². The van der Waals surface area contributed by atoms with Gasteiger partial charge in [0.15, 0.2) is 11.5 Å². The van der Waals surface area contributed by atoms with Crippen molar-refractivity contribution < 1.29 is 14.4 Å². The quantitative estimate of drug-likeness (QED) is 0.857. The van der Waals surface area contributed by atoms with Crippen molar-refractivity contribution in [1.29, 1.82) is 0 Å². The number of aromatic nitrogens is 5. The summed E-state index contributed by atoms with van der Waals surface area (Å²) in [5.74, 6) is 0.0391. The van der Waals surface area contributed by atoms with Crippen molar-refractivity contribution in [1.82, 2.24) is 25.1 Å². The minimum Gasteiger partial charge on any atom is -0.476 e. The zero-order valence-electron chi connectivity index (χ0n) is 10.3. The van der Waals surface area contributed by atoms with Crippen LogP contribution in [0.4, 0.5) is 0 Å². The largest absolute Gasteiger partial charge is 0.476 e. The number of hydrogen-bond donors (Lipinski definition) is 1. The average Bonchev–Trinajstić information content (AvgIpc) is 2.87. The van der Waals surface area contributed by atoms with Crippen molar-refractivity contribution >= 4 is 5.97 Å². The molecule has 18 heavy (non-hydrogen) atoms. The predicted molar refractivity (Wildman–Crippen MR) is 59.2 cm³/mol. The van der Waals surface area contributed by atoms with E-state index < -0.39 is 5.97 Å². The van der Waals surface area contributed by atoms with Crippen molar-refractivity contribution in [3.8, 4) is 0 Å². The molecule has 8 heteroatoms. The smallest absolute Gasteiger partial charge is 0.358 e. The Morgan fingerprint density at radius 2 is 2.22 bits per heavy atom. The first-order chi connectivity index (χ1) is 8.49. The van der Waals surface area contributed by atoms with Crippen LogP contribution < -0.4 is 0 Å². The van der Waals surface area contributed by atoms with Crippen molar-refractivity contribution in [2.24, 2.45) is 0 Å². The molecule has 2 aromatic heterocycles. The number of nitrogens with zero attached hydrogens (tertiary/aromatic N) is 5. The first-order valence-corrected chi connectivity index (χ1v) is 5.45. The van der Waals surface area contributed by atoms with E-state index in [0.29, 0.717) is 17.4 Å². The maximum Gasteiger partial charge on any atom is 0.358 e. The van der Waals surface area contributed by atoms with Crippen molar-refractivity contribution in [2.75, 3.05) is 0 Å². The maximum atomic E-state index is 10.8. The molecule has 0 amide bonds. The summed E-state index contributed by atoms with van der Waals surface area (Å²) >= 11 is 0. The average molecular weight is 251 g/mol. The number of carboxylic acid groups (broad SMARTS) is 1. The molecule has 0 radical (unpaired) electrons. The third kappa shape index (κ3) is 2.22. The Morgan fingerprint density at radius 3 is 2.72 bits per heavy atom. The van der Waals surface area contributed by atoms with Crippen LogP contribution in [0.15, 0.2) is 4.52 Å². The summed E-state index contributed by atoms with van der Waals surface area (Å²) in [6.45, 7) is 5.76. The van der Waals surface area contributed by atoms with E-state index in [1.807, 2.05) is 13.8 Å². The molecule has 0 bridgehead atoms. The van der Waals surface area contributed by atoms with Crippen LogP contribution >= 0.6 is 0 Å². The Morgan fingerprint density at radius 1 is 1.50 bits per heavy atom. The second kappa shape index (κ2) is 4.55. The van der Waals surface area contributed by atoms with Gasteiger partial charge in [-0.05, 0) is 6.92 Å². The molecule has 0 unspecified atom stereocenters. The molecular formula is C10H13N5O3. The third-order valence-corrected chi connectivity index (χ3v) is 2.45. The lowest BCUT2D eigenvalue weighted by Gasteiger charge is -1.98. The van der Waals surface area contributed by atoms with Crippen molar-refractivity contribution in [3.63, 3.8) is 0 Å². The highest BCUT2D eigenvalue weighted by Gasteiger charge is 2.17. The standard InChI is InChI=1S/C10H13N5O3/c1-5(2)9-11-7(13-18-9)4-15-6(3)8(10(16)17)12-14-15/h5H,4H2,1-3H3,(H,16,17). The van der Waals surface area contributed by atoms with Gasteiger partial charge in [-0.25, -0.2) is 9.48 Å². The zero-order valence-corrected chi connectivity index (χ0v) is 10.3. The topological polar surface area (TPSA) is 107 Å². The van der Waals surface area contributed by atoms with Crippen LogP contribution in [0.2, 0.25) is 0 Å². The van der Waals surface area contributed by atoms with Gasteiger partial charge >= 0.3 is 5.97 Å². The van der Waals surface area contributed by atoms with Crippen LogP contribution in [0.3, 0.4) is 0 Å². The molecule has 2 aromatic rings. The fourth-order valence-corrected chi connectivity index (χ4v) is 1.41. The Labute approximate surface area is 103 Å². The third-order valence-electron chi connectivity index (χ3n) is 2.45. The van der Waals surface area contributed by atoms with Crippen LogP contribution in [0.1, 0.15) is 47.7 Å². The molecule has 8 nitrogen and oxygen atoms in total. The van der Waals surface area contributed by atoms with E-state index in [0.717, 1.165) is 0 Å². The molecular weight excluding hydrogens is 238 g/mol. The Balaban J connectivity index is 2.20. The fourth-order valence-electron chi connectivity index (χ4n) is 1.41. The summed E-state index contributed by atoms with van der Waals surface area (Å²) in [4.78, 5) is 15.0. The summed E-state index contributed by atoms with van der Waals surface area (Å²) in [6.07, 6.45) is 0. The first-order valence-electron chi connectivity index (χ1n) is 5.45. The van der Waals surface area contributed by atoms with Gasteiger partial charge in [0.1, 0.15) is 6.54 Å². The molecule has 0 saturated carbocycles. The number of carbonyl (C=O) groups is 1. The van der Waals surface area contributed by atoms with Gasteiger partial charge in [0.2, 0.25) is 5.89 Å². The zero-order chi connectivity index (χ0) is 13.3. The minimum atomic E-state index is -1.10. The molecule has 0 aromatic carbocycles. The van der Waals surface area contributed by atoms with E-state index in [1.165, 1.54) is 4.68 Å².